The van der Waals surface area contributed by atoms with Gasteiger partial charge in [-0.05, 0) is 23.8 Å². The first-order valence-electron chi connectivity index (χ1n) is 5.92. The summed E-state index contributed by atoms with van der Waals surface area (Å²) in [5, 5.41) is 11.2. The van der Waals surface area contributed by atoms with E-state index in [1.54, 1.807) is 13.0 Å². The number of hydrogen-bond acceptors (Lipinski definition) is 3. The van der Waals surface area contributed by atoms with E-state index in [9.17, 15) is 4.79 Å². The van der Waals surface area contributed by atoms with Crippen LogP contribution in [0.4, 0.5) is 5.95 Å². The molecule has 0 unspecified atom stereocenters. The number of benzene rings is 2. The Balaban J connectivity index is 1.97. The first-order valence-corrected chi connectivity index (χ1v) is 5.92. The van der Waals surface area contributed by atoms with Gasteiger partial charge < -0.3 is 0 Å². The minimum absolute atomic E-state index is 0.212. The summed E-state index contributed by atoms with van der Waals surface area (Å²) < 4.78 is 0. The Morgan fingerprint density at radius 2 is 1.95 bits per heavy atom. The number of amides is 1. The molecule has 3 aromatic rings. The summed E-state index contributed by atoms with van der Waals surface area (Å²) in [5.41, 5.74) is 0.612. The van der Waals surface area contributed by atoms with Crippen molar-refractivity contribution in [1.82, 2.24) is 15.2 Å². The lowest BCUT2D eigenvalue weighted by Gasteiger charge is -2.05. The molecule has 5 nitrogen and oxygen atoms in total. The average molecular weight is 252 g/mol. The molecule has 0 spiro atoms. The van der Waals surface area contributed by atoms with E-state index in [0.29, 0.717) is 11.4 Å². The van der Waals surface area contributed by atoms with Crippen LogP contribution in [0.15, 0.2) is 42.5 Å². The Labute approximate surface area is 109 Å². The van der Waals surface area contributed by atoms with Gasteiger partial charge in [0.1, 0.15) is 5.82 Å². The summed E-state index contributed by atoms with van der Waals surface area (Å²) in [6.07, 6.45) is 0. The van der Waals surface area contributed by atoms with Gasteiger partial charge in [-0.3, -0.25) is 15.2 Å². The van der Waals surface area contributed by atoms with Gasteiger partial charge in [-0.25, -0.2) is 0 Å². The van der Waals surface area contributed by atoms with Gasteiger partial charge in [-0.1, -0.05) is 36.4 Å². The van der Waals surface area contributed by atoms with Crippen LogP contribution in [-0.4, -0.2) is 21.1 Å². The first-order chi connectivity index (χ1) is 9.24. The fourth-order valence-corrected chi connectivity index (χ4v) is 1.99. The average Bonchev–Trinajstić information content (AvgIpc) is 2.83. The number of carbonyl (C=O) groups is 1. The molecule has 19 heavy (non-hydrogen) atoms. The molecule has 0 saturated heterocycles. The van der Waals surface area contributed by atoms with Crippen LogP contribution in [0.2, 0.25) is 0 Å². The summed E-state index contributed by atoms with van der Waals surface area (Å²) in [7, 11) is 0. The van der Waals surface area contributed by atoms with Gasteiger partial charge in [0, 0.05) is 5.56 Å². The van der Waals surface area contributed by atoms with Crippen molar-refractivity contribution in [2.45, 2.75) is 6.92 Å². The number of fused-ring (bicyclic) bond motifs is 1. The molecule has 0 aliphatic carbocycles. The number of nitrogens with zero attached hydrogens (tertiary/aromatic N) is 2. The van der Waals surface area contributed by atoms with E-state index >= 15 is 0 Å². The van der Waals surface area contributed by atoms with E-state index in [4.69, 9.17) is 0 Å². The summed E-state index contributed by atoms with van der Waals surface area (Å²) >= 11 is 0. The molecule has 1 aromatic heterocycles. The normalized spacial score (nSPS) is 10.6. The third kappa shape index (κ3) is 2.18. The van der Waals surface area contributed by atoms with E-state index in [1.165, 1.54) is 0 Å². The molecule has 0 bridgehead atoms. The number of nitrogens with one attached hydrogen (secondary N) is 2. The summed E-state index contributed by atoms with van der Waals surface area (Å²) in [4.78, 5) is 16.3. The number of aryl methyl sites for hydroxylation is 1. The molecule has 2 N–H and O–H groups in total. The standard InChI is InChI=1S/C14H12N4O/c1-9-15-14(18-17-9)16-13(19)12-8-4-6-10-5-2-3-7-11(10)12/h2-8H,1H3,(H2,15,16,17,18,19). The molecular formula is C14H12N4O. The van der Waals surface area contributed by atoms with Crippen molar-refractivity contribution in [2.24, 2.45) is 0 Å². The molecule has 1 heterocycles. The monoisotopic (exact) mass is 252 g/mol. The van der Waals surface area contributed by atoms with Gasteiger partial charge in [-0.15, -0.1) is 5.10 Å². The molecule has 0 fully saturated rings. The van der Waals surface area contributed by atoms with Crippen LogP contribution in [-0.2, 0) is 0 Å². The lowest BCUT2D eigenvalue weighted by molar-refractivity contribution is 0.102. The van der Waals surface area contributed by atoms with Gasteiger partial charge in [0.05, 0.1) is 0 Å². The lowest BCUT2D eigenvalue weighted by atomic mass is 10.0. The summed E-state index contributed by atoms with van der Waals surface area (Å²) in [5.74, 6) is 0.736. The predicted octanol–water partition coefficient (Wildman–Crippen LogP) is 2.52. The largest absolute Gasteiger partial charge is 0.289 e. The van der Waals surface area contributed by atoms with Gasteiger partial charge >= 0.3 is 0 Å². The smallest absolute Gasteiger partial charge is 0.258 e. The number of H-pyrrole nitrogens is 1. The molecule has 5 heteroatoms. The highest BCUT2D eigenvalue weighted by atomic mass is 16.1. The van der Waals surface area contributed by atoms with Gasteiger partial charge in [0.25, 0.3) is 5.91 Å². The lowest BCUT2D eigenvalue weighted by Crippen LogP contribution is -2.13. The summed E-state index contributed by atoms with van der Waals surface area (Å²) in [6, 6.07) is 13.4. The zero-order chi connectivity index (χ0) is 13.2. The van der Waals surface area contributed by atoms with Crippen molar-refractivity contribution < 1.29 is 4.79 Å². The van der Waals surface area contributed by atoms with Crippen LogP contribution in [0.3, 0.4) is 0 Å². The summed E-state index contributed by atoms with van der Waals surface area (Å²) in [6.45, 7) is 1.78. The topological polar surface area (TPSA) is 70.7 Å². The fraction of sp³-hybridized carbons (Fsp3) is 0.0714. The van der Waals surface area contributed by atoms with Crippen molar-refractivity contribution in [3.8, 4) is 0 Å². The van der Waals surface area contributed by atoms with Crippen molar-refractivity contribution in [3.05, 3.63) is 53.9 Å². The van der Waals surface area contributed by atoms with E-state index in [-0.39, 0.29) is 11.9 Å². The maximum absolute atomic E-state index is 12.2. The van der Waals surface area contributed by atoms with E-state index in [1.807, 2.05) is 36.4 Å². The Bertz CT molecular complexity index is 743. The number of aromatic nitrogens is 3. The van der Waals surface area contributed by atoms with Crippen LogP contribution < -0.4 is 5.32 Å². The zero-order valence-electron chi connectivity index (χ0n) is 10.3. The van der Waals surface area contributed by atoms with Crippen molar-refractivity contribution >= 4 is 22.6 Å². The van der Waals surface area contributed by atoms with Gasteiger partial charge in [-0.2, -0.15) is 4.98 Å². The Kier molecular flexibility index (Phi) is 2.72. The van der Waals surface area contributed by atoms with Crippen LogP contribution in [0.1, 0.15) is 16.2 Å². The highest BCUT2D eigenvalue weighted by molar-refractivity contribution is 6.12. The van der Waals surface area contributed by atoms with Crippen molar-refractivity contribution in [2.75, 3.05) is 5.32 Å². The molecule has 0 aliphatic rings. The zero-order valence-corrected chi connectivity index (χ0v) is 10.3. The third-order valence-electron chi connectivity index (χ3n) is 2.86. The molecule has 2 aromatic carbocycles. The van der Waals surface area contributed by atoms with Crippen LogP contribution in [0.5, 0.6) is 0 Å². The number of rotatable bonds is 2. The molecule has 1 amide bonds. The minimum Gasteiger partial charge on any atom is -0.289 e. The van der Waals surface area contributed by atoms with E-state index in [0.717, 1.165) is 10.8 Å². The number of hydrogen-bond donors (Lipinski definition) is 2. The molecular weight excluding hydrogens is 240 g/mol. The van der Waals surface area contributed by atoms with Crippen LogP contribution >= 0.6 is 0 Å². The van der Waals surface area contributed by atoms with Crippen LogP contribution in [0, 0.1) is 6.92 Å². The maximum Gasteiger partial charge on any atom is 0.258 e. The molecule has 94 valence electrons. The maximum atomic E-state index is 12.2. The van der Waals surface area contributed by atoms with Crippen molar-refractivity contribution in [3.63, 3.8) is 0 Å². The number of aromatic amines is 1. The predicted molar refractivity (Wildman–Crippen MR) is 73.0 cm³/mol. The van der Waals surface area contributed by atoms with E-state index < -0.39 is 0 Å². The second-order valence-electron chi connectivity index (χ2n) is 4.23. The highest BCUT2D eigenvalue weighted by Crippen LogP contribution is 2.19. The molecule has 0 aliphatic heterocycles. The Morgan fingerprint density at radius 1 is 1.16 bits per heavy atom. The SMILES string of the molecule is Cc1nc(NC(=O)c2cccc3ccccc23)n[nH]1. The van der Waals surface area contributed by atoms with Gasteiger partial charge in [0.2, 0.25) is 5.95 Å². The Morgan fingerprint density at radius 3 is 2.74 bits per heavy atom. The first kappa shape index (κ1) is 11.4. The molecule has 3 rings (SSSR count). The second-order valence-corrected chi connectivity index (χ2v) is 4.23. The molecule has 0 saturated carbocycles. The Hall–Kier alpha value is -2.69. The number of carbonyl (C=O) groups excluding carboxylic acids is 1. The highest BCUT2D eigenvalue weighted by Gasteiger charge is 2.11. The molecule has 0 atom stereocenters. The number of anilines is 1. The minimum atomic E-state index is -0.212. The van der Waals surface area contributed by atoms with E-state index in [2.05, 4.69) is 20.5 Å². The second kappa shape index (κ2) is 4.53. The third-order valence-corrected chi connectivity index (χ3v) is 2.86. The van der Waals surface area contributed by atoms with Crippen LogP contribution in [0.25, 0.3) is 10.8 Å². The molecule has 0 radical (unpaired) electrons. The van der Waals surface area contributed by atoms with Gasteiger partial charge in [0.15, 0.2) is 0 Å². The quantitative estimate of drug-likeness (QED) is 0.736. The van der Waals surface area contributed by atoms with Crippen molar-refractivity contribution in [1.29, 1.82) is 0 Å². The fourth-order valence-electron chi connectivity index (χ4n) is 1.99.